The van der Waals surface area contributed by atoms with Gasteiger partial charge in [-0.25, -0.2) is 18.7 Å². The van der Waals surface area contributed by atoms with Crippen LogP contribution in [0.2, 0.25) is 0 Å². The van der Waals surface area contributed by atoms with E-state index < -0.39 is 24.4 Å². The third-order valence-electron chi connectivity index (χ3n) is 7.35. The minimum Gasteiger partial charge on any atom is -0.475 e. The Morgan fingerprint density at radius 2 is 1.90 bits per heavy atom. The number of rotatable bonds is 5. The monoisotopic (exact) mass is 563 g/mol. The van der Waals surface area contributed by atoms with E-state index in [4.69, 9.17) is 15.0 Å². The number of carboxylic acids is 1. The van der Waals surface area contributed by atoms with Crippen LogP contribution in [0.4, 0.5) is 34.8 Å². The molecule has 10 nitrogen and oxygen atoms in total. The third kappa shape index (κ3) is 5.53. The molecule has 6 rings (SSSR count). The molecule has 3 aromatic rings. The van der Waals surface area contributed by atoms with E-state index in [9.17, 15) is 22.4 Å². The molecule has 2 atom stereocenters. The first-order valence-corrected chi connectivity index (χ1v) is 13.0. The number of aliphatic carboxylic acids is 1. The summed E-state index contributed by atoms with van der Waals surface area (Å²) in [6.07, 6.45) is -0.865. The van der Waals surface area contributed by atoms with Crippen LogP contribution < -0.4 is 20.9 Å². The number of imidazole rings is 1. The smallest absolute Gasteiger partial charge is 0.475 e. The Balaban J connectivity index is 0.000000411. The lowest BCUT2D eigenvalue weighted by Gasteiger charge is -2.25. The largest absolute Gasteiger partial charge is 0.490 e. The number of aromatic nitrogens is 3. The van der Waals surface area contributed by atoms with Crippen LogP contribution in [0.5, 0.6) is 0 Å². The quantitative estimate of drug-likeness (QED) is 0.349. The van der Waals surface area contributed by atoms with E-state index in [1.54, 1.807) is 4.52 Å². The van der Waals surface area contributed by atoms with Gasteiger partial charge in [0.25, 0.3) is 5.91 Å². The van der Waals surface area contributed by atoms with Gasteiger partial charge in [0.2, 0.25) is 0 Å². The number of nitrogens with one attached hydrogen (secondary N) is 3. The number of carboxylic acid groups (broad SMARTS) is 1. The average molecular weight is 564 g/mol. The summed E-state index contributed by atoms with van der Waals surface area (Å²) < 4.78 is 46.6. The van der Waals surface area contributed by atoms with Crippen molar-refractivity contribution in [2.75, 3.05) is 36.9 Å². The lowest BCUT2D eigenvalue weighted by Crippen LogP contribution is -2.28. The number of fused-ring (bicyclic) bond motifs is 2. The maximum Gasteiger partial charge on any atom is 0.490 e. The number of hydrogen-bond acceptors (Lipinski definition) is 7. The number of halogens is 4. The van der Waals surface area contributed by atoms with Gasteiger partial charge in [0, 0.05) is 31.8 Å². The van der Waals surface area contributed by atoms with Crippen molar-refractivity contribution < 1.29 is 32.3 Å². The molecule has 0 unspecified atom stereocenters. The van der Waals surface area contributed by atoms with E-state index >= 15 is 0 Å². The summed E-state index contributed by atoms with van der Waals surface area (Å²) in [4.78, 5) is 28.3. The van der Waals surface area contributed by atoms with Gasteiger partial charge in [-0.15, -0.1) is 5.10 Å². The molecule has 4 heterocycles. The maximum atomic E-state index is 13.3. The molecule has 2 aromatic heterocycles. The average Bonchev–Trinajstić information content (AvgIpc) is 3.30. The zero-order valence-electron chi connectivity index (χ0n) is 21.6. The molecule has 1 saturated heterocycles. The number of amides is 1. The fourth-order valence-electron chi connectivity index (χ4n) is 5.20. The summed E-state index contributed by atoms with van der Waals surface area (Å²) in [5, 5.41) is 21.3. The molecule has 4 N–H and O–H groups in total. The zero-order valence-corrected chi connectivity index (χ0v) is 21.6. The van der Waals surface area contributed by atoms with Gasteiger partial charge < -0.3 is 26.0 Å². The SMILES string of the molecule is CNc1cc(N2CCc3c(C4CCNCC4)cccc32)nn2c(C(=O)N[C@@H]3C[C@@H]3F)cnc12.O=C(O)C(F)(F)F. The molecule has 2 aliphatic heterocycles. The van der Waals surface area contributed by atoms with Gasteiger partial charge in [-0.2, -0.15) is 13.2 Å². The van der Waals surface area contributed by atoms with E-state index in [1.807, 2.05) is 13.1 Å². The minimum absolute atomic E-state index is 0.310. The fourth-order valence-corrected chi connectivity index (χ4v) is 5.20. The summed E-state index contributed by atoms with van der Waals surface area (Å²) in [5.41, 5.74) is 5.72. The van der Waals surface area contributed by atoms with Crippen molar-refractivity contribution in [2.45, 2.75) is 50.0 Å². The molecule has 1 aromatic carbocycles. The van der Waals surface area contributed by atoms with Crippen molar-refractivity contribution in [1.29, 1.82) is 0 Å². The Labute approximate surface area is 226 Å². The highest BCUT2D eigenvalue weighted by molar-refractivity contribution is 5.94. The summed E-state index contributed by atoms with van der Waals surface area (Å²) in [7, 11) is 1.83. The van der Waals surface area contributed by atoms with Gasteiger partial charge in [-0.05, 0) is 55.5 Å². The number of carbonyl (C=O) groups is 2. The highest BCUT2D eigenvalue weighted by Crippen LogP contribution is 2.40. The molecule has 1 saturated carbocycles. The Hall–Kier alpha value is -3.94. The van der Waals surface area contributed by atoms with Crippen LogP contribution in [0.25, 0.3) is 5.65 Å². The van der Waals surface area contributed by atoms with Crippen LogP contribution in [0.1, 0.15) is 46.8 Å². The highest BCUT2D eigenvalue weighted by atomic mass is 19.4. The van der Waals surface area contributed by atoms with Crippen molar-refractivity contribution in [2.24, 2.45) is 0 Å². The van der Waals surface area contributed by atoms with Crippen LogP contribution in [0, 0.1) is 0 Å². The van der Waals surface area contributed by atoms with Gasteiger partial charge in [0.1, 0.15) is 6.17 Å². The number of nitrogens with zero attached hydrogens (tertiary/aromatic N) is 4. The first-order chi connectivity index (χ1) is 19.1. The molecular weight excluding hydrogens is 534 g/mol. The molecule has 3 aliphatic rings. The predicted molar refractivity (Wildman–Crippen MR) is 139 cm³/mol. The van der Waals surface area contributed by atoms with Crippen LogP contribution in [-0.4, -0.2) is 76.7 Å². The van der Waals surface area contributed by atoms with Gasteiger partial charge in [-0.3, -0.25) is 4.79 Å². The molecule has 0 spiro atoms. The van der Waals surface area contributed by atoms with Crippen LogP contribution in [0.3, 0.4) is 0 Å². The second kappa shape index (κ2) is 10.9. The van der Waals surface area contributed by atoms with Crippen LogP contribution in [0.15, 0.2) is 30.5 Å². The van der Waals surface area contributed by atoms with Crippen molar-refractivity contribution in [3.05, 3.63) is 47.3 Å². The van der Waals surface area contributed by atoms with Crippen molar-refractivity contribution in [3.63, 3.8) is 0 Å². The summed E-state index contributed by atoms with van der Waals surface area (Å²) >= 11 is 0. The van der Waals surface area contributed by atoms with E-state index in [0.29, 0.717) is 23.7 Å². The summed E-state index contributed by atoms with van der Waals surface area (Å²) in [6.45, 7) is 2.97. The molecule has 0 radical (unpaired) electrons. The second-order valence-corrected chi connectivity index (χ2v) is 9.95. The summed E-state index contributed by atoms with van der Waals surface area (Å²) in [6, 6.07) is 8.16. The maximum absolute atomic E-state index is 13.3. The van der Waals surface area contributed by atoms with Gasteiger partial charge >= 0.3 is 12.1 Å². The van der Waals surface area contributed by atoms with E-state index in [-0.39, 0.29) is 5.91 Å². The van der Waals surface area contributed by atoms with Crippen molar-refractivity contribution >= 4 is 34.7 Å². The molecule has 2 fully saturated rings. The Morgan fingerprint density at radius 3 is 2.52 bits per heavy atom. The van der Waals surface area contributed by atoms with Crippen LogP contribution >= 0.6 is 0 Å². The second-order valence-electron chi connectivity index (χ2n) is 9.95. The Bertz CT molecular complexity index is 1420. The minimum atomic E-state index is -5.08. The van der Waals surface area contributed by atoms with E-state index in [2.05, 4.69) is 44.0 Å². The van der Waals surface area contributed by atoms with E-state index in [0.717, 1.165) is 37.6 Å². The Kier molecular flexibility index (Phi) is 7.53. The zero-order chi connectivity index (χ0) is 28.6. The van der Waals surface area contributed by atoms with Gasteiger partial charge in [-0.1, -0.05) is 12.1 Å². The van der Waals surface area contributed by atoms with Crippen LogP contribution in [-0.2, 0) is 11.2 Å². The topological polar surface area (TPSA) is 124 Å². The van der Waals surface area contributed by atoms with Crippen molar-refractivity contribution in [3.8, 4) is 0 Å². The normalized spacial score (nSPS) is 20.5. The summed E-state index contributed by atoms with van der Waals surface area (Å²) in [5.74, 6) is -1.76. The first-order valence-electron chi connectivity index (χ1n) is 13.0. The predicted octanol–water partition coefficient (Wildman–Crippen LogP) is 3.41. The molecular formula is C26H29F4N7O3. The molecule has 14 heteroatoms. The first kappa shape index (κ1) is 27.6. The number of piperidine rings is 1. The molecule has 0 bridgehead atoms. The fraction of sp³-hybridized carbons (Fsp3) is 0.462. The lowest BCUT2D eigenvalue weighted by molar-refractivity contribution is -0.192. The number of carbonyl (C=O) groups excluding carboxylic acids is 1. The molecule has 40 heavy (non-hydrogen) atoms. The highest BCUT2D eigenvalue weighted by Gasteiger charge is 2.39. The Morgan fingerprint density at radius 1 is 1.20 bits per heavy atom. The number of benzene rings is 1. The number of alkyl halides is 4. The lowest BCUT2D eigenvalue weighted by atomic mass is 9.86. The number of hydrogen-bond donors (Lipinski definition) is 4. The van der Waals surface area contributed by atoms with Crippen molar-refractivity contribution in [1.82, 2.24) is 25.2 Å². The van der Waals surface area contributed by atoms with Gasteiger partial charge in [0.05, 0.1) is 17.9 Å². The molecule has 214 valence electrons. The third-order valence-corrected chi connectivity index (χ3v) is 7.35. The molecule has 1 amide bonds. The number of anilines is 3. The van der Waals surface area contributed by atoms with E-state index in [1.165, 1.54) is 35.9 Å². The molecule has 1 aliphatic carbocycles. The standard InChI is InChI=1S/C24H28FN7O.C2HF3O2/c1-26-19-12-22(30-32-21(13-28-23(19)32)24(33)29-18-11-17(18)25)31-10-7-16-15(3-2-4-20(16)31)14-5-8-27-9-6-14;3-2(4,5)1(6)7/h2-4,12-14,17-18,26-27H,5-11H2,1H3,(H,29,33);(H,6,7)/t17-,18+;/m0./s1. The van der Waals surface area contributed by atoms with Gasteiger partial charge in [0.15, 0.2) is 17.2 Å².